The van der Waals surface area contributed by atoms with E-state index in [1.165, 1.54) is 12.1 Å². The van der Waals surface area contributed by atoms with Crippen LogP contribution < -0.4 is 5.32 Å². The molecule has 0 saturated carbocycles. The van der Waals surface area contributed by atoms with Gasteiger partial charge in [0.2, 0.25) is 0 Å². The second-order valence-electron chi connectivity index (χ2n) is 6.17. The van der Waals surface area contributed by atoms with Crippen LogP contribution in [0.2, 0.25) is 0 Å². The molecule has 0 atom stereocenters. The molecule has 4 aromatic rings. The van der Waals surface area contributed by atoms with Crippen LogP contribution in [-0.4, -0.2) is 14.6 Å². The number of fused-ring (bicyclic) bond motifs is 1. The first kappa shape index (κ1) is 16.3. The quantitative estimate of drug-likeness (QED) is 0.538. The summed E-state index contributed by atoms with van der Waals surface area (Å²) in [6.45, 7) is 2.13. The molecular weight excluding hydrogens is 327 g/mol. The number of benzene rings is 2. The summed E-state index contributed by atoms with van der Waals surface area (Å²) in [5.74, 6) is 0.555. The van der Waals surface area contributed by atoms with Crippen molar-refractivity contribution in [3.8, 4) is 11.1 Å². The molecule has 4 nitrogen and oxygen atoms in total. The molecule has 0 radical (unpaired) electrons. The number of hydrogen-bond acceptors (Lipinski definition) is 3. The van der Waals surface area contributed by atoms with Gasteiger partial charge in [0, 0.05) is 23.0 Å². The topological polar surface area (TPSA) is 42.2 Å². The lowest BCUT2D eigenvalue weighted by Gasteiger charge is -2.11. The van der Waals surface area contributed by atoms with Crippen molar-refractivity contribution in [1.29, 1.82) is 0 Å². The Morgan fingerprint density at radius 2 is 1.81 bits per heavy atom. The minimum atomic E-state index is -0.257. The molecule has 4 rings (SSSR count). The fourth-order valence-electron chi connectivity index (χ4n) is 2.99. The average molecular weight is 346 g/mol. The third-order valence-electron chi connectivity index (χ3n) is 4.23. The van der Waals surface area contributed by atoms with Gasteiger partial charge in [-0.1, -0.05) is 43.7 Å². The molecule has 26 heavy (non-hydrogen) atoms. The molecule has 0 spiro atoms. The Kier molecular flexibility index (Phi) is 4.35. The normalized spacial score (nSPS) is 11.0. The first-order chi connectivity index (χ1) is 12.7. The van der Waals surface area contributed by atoms with Crippen molar-refractivity contribution < 1.29 is 4.39 Å². The van der Waals surface area contributed by atoms with Crippen LogP contribution in [0.15, 0.2) is 66.9 Å². The molecule has 0 aliphatic carbocycles. The molecule has 0 fully saturated rings. The van der Waals surface area contributed by atoms with Gasteiger partial charge in [0.15, 0.2) is 5.65 Å². The van der Waals surface area contributed by atoms with Crippen LogP contribution in [0.25, 0.3) is 16.8 Å². The first-order valence-corrected chi connectivity index (χ1v) is 8.70. The zero-order valence-corrected chi connectivity index (χ0v) is 14.5. The number of halogens is 1. The number of nitrogens with one attached hydrogen (secondary N) is 1. The lowest BCUT2D eigenvalue weighted by Crippen LogP contribution is -2.04. The van der Waals surface area contributed by atoms with Crippen molar-refractivity contribution in [3.05, 3.63) is 78.4 Å². The Balaban J connectivity index is 1.83. The SMILES string of the molecule is CCCc1cc(Nc2ccc(F)cc2)n2ncc(-c3ccccc3)c2n1. The van der Waals surface area contributed by atoms with Gasteiger partial charge in [0.05, 0.1) is 6.20 Å². The van der Waals surface area contributed by atoms with E-state index in [0.717, 1.165) is 46.8 Å². The molecule has 1 N–H and O–H groups in total. The molecule has 2 aromatic heterocycles. The predicted molar refractivity (Wildman–Crippen MR) is 102 cm³/mol. The van der Waals surface area contributed by atoms with Gasteiger partial charge in [0.25, 0.3) is 0 Å². The zero-order valence-electron chi connectivity index (χ0n) is 14.5. The third-order valence-corrected chi connectivity index (χ3v) is 4.23. The Morgan fingerprint density at radius 3 is 2.54 bits per heavy atom. The van der Waals surface area contributed by atoms with E-state index in [0.29, 0.717) is 0 Å². The summed E-state index contributed by atoms with van der Waals surface area (Å²) in [5.41, 5.74) is 4.69. The highest BCUT2D eigenvalue weighted by molar-refractivity contribution is 5.78. The molecule has 2 aromatic carbocycles. The minimum Gasteiger partial charge on any atom is -0.340 e. The van der Waals surface area contributed by atoms with Gasteiger partial charge in [-0.05, 0) is 36.2 Å². The lowest BCUT2D eigenvalue weighted by molar-refractivity contribution is 0.628. The highest BCUT2D eigenvalue weighted by atomic mass is 19.1. The summed E-state index contributed by atoms with van der Waals surface area (Å²) in [7, 11) is 0. The minimum absolute atomic E-state index is 0.257. The Hall–Kier alpha value is -3.21. The van der Waals surface area contributed by atoms with Crippen molar-refractivity contribution in [1.82, 2.24) is 14.6 Å². The van der Waals surface area contributed by atoms with Gasteiger partial charge < -0.3 is 5.32 Å². The second-order valence-corrected chi connectivity index (χ2v) is 6.17. The smallest absolute Gasteiger partial charge is 0.165 e. The van der Waals surface area contributed by atoms with Gasteiger partial charge in [-0.15, -0.1) is 0 Å². The number of anilines is 2. The Bertz CT molecular complexity index is 1020. The van der Waals surface area contributed by atoms with E-state index >= 15 is 0 Å². The summed E-state index contributed by atoms with van der Waals surface area (Å²) in [6.07, 6.45) is 3.73. The van der Waals surface area contributed by atoms with Crippen LogP contribution in [0.3, 0.4) is 0 Å². The maximum Gasteiger partial charge on any atom is 0.165 e. The molecule has 5 heteroatoms. The number of rotatable bonds is 5. The maximum absolute atomic E-state index is 13.2. The van der Waals surface area contributed by atoms with Gasteiger partial charge >= 0.3 is 0 Å². The van der Waals surface area contributed by atoms with Crippen molar-refractivity contribution in [2.75, 3.05) is 5.32 Å². The molecule has 0 unspecified atom stereocenters. The molecule has 0 amide bonds. The van der Waals surface area contributed by atoms with Crippen molar-refractivity contribution in [2.45, 2.75) is 19.8 Å². The van der Waals surface area contributed by atoms with Crippen molar-refractivity contribution in [2.24, 2.45) is 0 Å². The van der Waals surface area contributed by atoms with E-state index in [1.807, 2.05) is 30.5 Å². The molecule has 0 aliphatic rings. The molecule has 2 heterocycles. The summed E-state index contributed by atoms with van der Waals surface area (Å²) >= 11 is 0. The van der Waals surface area contributed by atoms with Gasteiger partial charge in [-0.2, -0.15) is 9.61 Å². The van der Waals surface area contributed by atoms with Crippen LogP contribution in [0.1, 0.15) is 19.0 Å². The summed E-state index contributed by atoms with van der Waals surface area (Å²) in [5, 5.41) is 7.86. The summed E-state index contributed by atoms with van der Waals surface area (Å²) in [4.78, 5) is 4.82. The van der Waals surface area contributed by atoms with E-state index in [2.05, 4.69) is 29.5 Å². The lowest BCUT2D eigenvalue weighted by atomic mass is 10.1. The number of aryl methyl sites for hydroxylation is 1. The average Bonchev–Trinajstić information content (AvgIpc) is 3.09. The molecule has 0 aliphatic heterocycles. The summed E-state index contributed by atoms with van der Waals surface area (Å²) in [6, 6.07) is 18.4. The van der Waals surface area contributed by atoms with Crippen LogP contribution >= 0.6 is 0 Å². The maximum atomic E-state index is 13.2. The van der Waals surface area contributed by atoms with Crippen LogP contribution in [0.5, 0.6) is 0 Å². The molecular formula is C21H19FN4. The summed E-state index contributed by atoms with van der Waals surface area (Å²) < 4.78 is 15.0. The first-order valence-electron chi connectivity index (χ1n) is 8.70. The highest BCUT2D eigenvalue weighted by Crippen LogP contribution is 2.27. The van der Waals surface area contributed by atoms with E-state index in [1.54, 1.807) is 16.6 Å². The van der Waals surface area contributed by atoms with E-state index in [-0.39, 0.29) is 5.82 Å². The van der Waals surface area contributed by atoms with Gasteiger partial charge in [-0.25, -0.2) is 9.37 Å². The number of aromatic nitrogens is 3. The molecule has 0 saturated heterocycles. The number of hydrogen-bond donors (Lipinski definition) is 1. The molecule has 0 bridgehead atoms. The van der Waals surface area contributed by atoms with E-state index in [9.17, 15) is 4.39 Å². The van der Waals surface area contributed by atoms with Crippen molar-refractivity contribution >= 4 is 17.2 Å². The monoisotopic (exact) mass is 346 g/mol. The largest absolute Gasteiger partial charge is 0.340 e. The van der Waals surface area contributed by atoms with Gasteiger partial charge in [0.1, 0.15) is 11.6 Å². The molecule has 130 valence electrons. The van der Waals surface area contributed by atoms with Gasteiger partial charge in [-0.3, -0.25) is 0 Å². The Morgan fingerprint density at radius 1 is 1.04 bits per heavy atom. The van der Waals surface area contributed by atoms with Crippen LogP contribution in [-0.2, 0) is 6.42 Å². The standard InChI is InChI=1S/C21H19FN4/c1-2-6-18-13-20(24-17-11-9-16(22)10-12-17)26-21(25-18)19(14-23-26)15-7-4-3-5-8-15/h3-5,7-14,24H,2,6H2,1H3. The third kappa shape index (κ3) is 3.16. The predicted octanol–water partition coefficient (Wildman–Crippen LogP) is 5.23. The number of nitrogens with zero attached hydrogens (tertiary/aromatic N) is 3. The highest BCUT2D eigenvalue weighted by Gasteiger charge is 2.13. The van der Waals surface area contributed by atoms with Crippen LogP contribution in [0.4, 0.5) is 15.9 Å². The fourth-order valence-corrected chi connectivity index (χ4v) is 2.99. The Labute approximate surface area is 151 Å². The van der Waals surface area contributed by atoms with Crippen molar-refractivity contribution in [3.63, 3.8) is 0 Å². The van der Waals surface area contributed by atoms with E-state index < -0.39 is 0 Å². The van der Waals surface area contributed by atoms with Crippen LogP contribution in [0, 0.1) is 5.82 Å². The van der Waals surface area contributed by atoms with E-state index in [4.69, 9.17) is 4.98 Å². The zero-order chi connectivity index (χ0) is 17.9. The second kappa shape index (κ2) is 6.96. The fraction of sp³-hybridized carbons (Fsp3) is 0.143.